The molecule has 1 aliphatic rings. The van der Waals surface area contributed by atoms with Crippen LogP contribution in [0.5, 0.6) is 0 Å². The van der Waals surface area contributed by atoms with Crippen molar-refractivity contribution in [3.05, 3.63) is 35.9 Å². The molecule has 2 nitrogen and oxygen atoms in total. The van der Waals surface area contributed by atoms with E-state index in [1.54, 1.807) is 0 Å². The van der Waals surface area contributed by atoms with Crippen LogP contribution in [0.2, 0.25) is 0 Å². The van der Waals surface area contributed by atoms with E-state index in [4.69, 9.17) is 0 Å². The van der Waals surface area contributed by atoms with Crippen molar-refractivity contribution < 1.29 is 5.11 Å². The van der Waals surface area contributed by atoms with Gasteiger partial charge in [-0.1, -0.05) is 43.7 Å². The van der Waals surface area contributed by atoms with Crippen LogP contribution in [0, 0.1) is 5.41 Å². The van der Waals surface area contributed by atoms with Crippen LogP contribution < -0.4 is 0 Å². The highest BCUT2D eigenvalue weighted by Gasteiger charge is 2.37. The summed E-state index contributed by atoms with van der Waals surface area (Å²) in [6, 6.07) is 10.6. The number of benzene rings is 1. The SMILES string of the molecule is CCN(Cc1ccccc1)CC1(CO)CCC1. The molecule has 1 aliphatic carbocycles. The lowest BCUT2D eigenvalue weighted by Gasteiger charge is -2.43. The van der Waals surface area contributed by atoms with Gasteiger partial charge in [-0.2, -0.15) is 0 Å². The van der Waals surface area contributed by atoms with Crippen molar-refractivity contribution in [2.24, 2.45) is 5.41 Å². The molecule has 0 atom stereocenters. The van der Waals surface area contributed by atoms with E-state index >= 15 is 0 Å². The normalized spacial score (nSPS) is 18.1. The van der Waals surface area contributed by atoms with Gasteiger partial charge in [0.1, 0.15) is 0 Å². The molecule has 2 heteroatoms. The minimum absolute atomic E-state index is 0.199. The van der Waals surface area contributed by atoms with Crippen LogP contribution in [0.15, 0.2) is 30.3 Å². The van der Waals surface area contributed by atoms with Gasteiger partial charge in [0.15, 0.2) is 0 Å². The molecule has 0 radical (unpaired) electrons. The van der Waals surface area contributed by atoms with Gasteiger partial charge in [0.05, 0.1) is 0 Å². The largest absolute Gasteiger partial charge is 0.396 e. The first kappa shape index (κ1) is 12.6. The molecular formula is C15H23NO. The van der Waals surface area contributed by atoms with Crippen molar-refractivity contribution in [1.29, 1.82) is 0 Å². The third kappa shape index (κ3) is 3.08. The zero-order valence-corrected chi connectivity index (χ0v) is 10.7. The van der Waals surface area contributed by atoms with E-state index in [1.807, 2.05) is 0 Å². The highest BCUT2D eigenvalue weighted by Crippen LogP contribution is 2.41. The zero-order valence-electron chi connectivity index (χ0n) is 10.7. The Morgan fingerprint density at radius 3 is 2.41 bits per heavy atom. The van der Waals surface area contributed by atoms with Crippen LogP contribution in [-0.2, 0) is 6.54 Å². The molecule has 94 valence electrons. The van der Waals surface area contributed by atoms with Gasteiger partial charge in [0, 0.05) is 25.1 Å². The van der Waals surface area contributed by atoms with Crippen molar-refractivity contribution in [3.63, 3.8) is 0 Å². The molecule has 0 amide bonds. The van der Waals surface area contributed by atoms with Gasteiger partial charge >= 0.3 is 0 Å². The number of aliphatic hydroxyl groups is 1. The average molecular weight is 233 g/mol. The van der Waals surface area contributed by atoms with Gasteiger partial charge < -0.3 is 5.11 Å². The second-order valence-corrected chi connectivity index (χ2v) is 5.30. The number of rotatable bonds is 6. The Hall–Kier alpha value is -0.860. The number of aliphatic hydroxyl groups excluding tert-OH is 1. The highest BCUT2D eigenvalue weighted by molar-refractivity contribution is 5.14. The minimum Gasteiger partial charge on any atom is -0.396 e. The Morgan fingerprint density at radius 2 is 1.94 bits per heavy atom. The maximum Gasteiger partial charge on any atom is 0.0499 e. The summed E-state index contributed by atoms with van der Waals surface area (Å²) in [5.74, 6) is 0. The lowest BCUT2D eigenvalue weighted by Crippen LogP contribution is -2.44. The van der Waals surface area contributed by atoms with E-state index in [2.05, 4.69) is 42.2 Å². The summed E-state index contributed by atoms with van der Waals surface area (Å²) < 4.78 is 0. The second kappa shape index (κ2) is 5.65. The predicted octanol–water partition coefficient (Wildman–Crippen LogP) is 2.67. The van der Waals surface area contributed by atoms with Crippen molar-refractivity contribution in [2.45, 2.75) is 32.7 Å². The molecule has 0 bridgehead atoms. The van der Waals surface area contributed by atoms with E-state index in [0.29, 0.717) is 6.61 Å². The molecule has 17 heavy (non-hydrogen) atoms. The lowest BCUT2D eigenvalue weighted by molar-refractivity contribution is 0.00690. The molecule has 1 saturated carbocycles. The Labute approximate surface area is 104 Å². The monoisotopic (exact) mass is 233 g/mol. The smallest absolute Gasteiger partial charge is 0.0499 e. The maximum absolute atomic E-state index is 9.52. The van der Waals surface area contributed by atoms with E-state index in [0.717, 1.165) is 19.6 Å². The van der Waals surface area contributed by atoms with Crippen molar-refractivity contribution in [3.8, 4) is 0 Å². The third-order valence-electron chi connectivity index (χ3n) is 4.00. The van der Waals surface area contributed by atoms with Crippen molar-refractivity contribution >= 4 is 0 Å². The summed E-state index contributed by atoms with van der Waals surface area (Å²) in [4.78, 5) is 2.45. The highest BCUT2D eigenvalue weighted by atomic mass is 16.3. The summed E-state index contributed by atoms with van der Waals surface area (Å²) >= 11 is 0. The third-order valence-corrected chi connectivity index (χ3v) is 4.00. The summed E-state index contributed by atoms with van der Waals surface area (Å²) in [6.07, 6.45) is 3.66. The van der Waals surface area contributed by atoms with Crippen LogP contribution in [-0.4, -0.2) is 29.7 Å². The van der Waals surface area contributed by atoms with E-state index in [9.17, 15) is 5.11 Å². The quantitative estimate of drug-likeness (QED) is 0.816. The standard InChI is InChI=1S/C15H23NO/c1-2-16(11-14-7-4-3-5-8-14)12-15(13-17)9-6-10-15/h3-5,7-8,17H,2,6,9-13H2,1H3. The fraction of sp³-hybridized carbons (Fsp3) is 0.600. The lowest BCUT2D eigenvalue weighted by atomic mass is 9.69. The fourth-order valence-electron chi connectivity index (χ4n) is 2.64. The maximum atomic E-state index is 9.52. The summed E-state index contributed by atoms with van der Waals surface area (Å²) in [5.41, 5.74) is 1.56. The molecule has 0 unspecified atom stereocenters. The topological polar surface area (TPSA) is 23.5 Å². The fourth-order valence-corrected chi connectivity index (χ4v) is 2.64. The van der Waals surface area contributed by atoms with Crippen LogP contribution in [0.1, 0.15) is 31.7 Å². The van der Waals surface area contributed by atoms with Crippen LogP contribution in [0.4, 0.5) is 0 Å². The first-order valence-corrected chi connectivity index (χ1v) is 6.65. The Bertz CT molecular complexity index is 327. The Balaban J connectivity index is 1.93. The van der Waals surface area contributed by atoms with Crippen LogP contribution in [0.25, 0.3) is 0 Å². The molecule has 0 heterocycles. The van der Waals surface area contributed by atoms with E-state index in [1.165, 1.54) is 24.8 Å². The van der Waals surface area contributed by atoms with Crippen LogP contribution in [0.3, 0.4) is 0 Å². The second-order valence-electron chi connectivity index (χ2n) is 5.30. The molecular weight excluding hydrogens is 210 g/mol. The molecule has 1 fully saturated rings. The average Bonchev–Trinajstić information content (AvgIpc) is 2.33. The number of hydrogen-bond donors (Lipinski definition) is 1. The van der Waals surface area contributed by atoms with Crippen LogP contribution >= 0.6 is 0 Å². The first-order valence-electron chi connectivity index (χ1n) is 6.65. The minimum atomic E-state index is 0.199. The summed E-state index contributed by atoms with van der Waals surface area (Å²) in [6.45, 7) is 5.63. The molecule has 0 aromatic heterocycles. The van der Waals surface area contributed by atoms with E-state index < -0.39 is 0 Å². The predicted molar refractivity (Wildman–Crippen MR) is 70.8 cm³/mol. The molecule has 0 saturated heterocycles. The van der Waals surface area contributed by atoms with Gasteiger partial charge in [-0.3, -0.25) is 4.90 Å². The number of nitrogens with zero attached hydrogens (tertiary/aromatic N) is 1. The molecule has 0 spiro atoms. The summed E-state index contributed by atoms with van der Waals surface area (Å²) in [5, 5.41) is 9.52. The summed E-state index contributed by atoms with van der Waals surface area (Å²) in [7, 11) is 0. The van der Waals surface area contributed by atoms with Crippen molar-refractivity contribution in [2.75, 3.05) is 19.7 Å². The Kier molecular flexibility index (Phi) is 4.19. The van der Waals surface area contributed by atoms with Gasteiger partial charge in [0.2, 0.25) is 0 Å². The zero-order chi connectivity index (χ0) is 12.1. The molecule has 1 N–H and O–H groups in total. The van der Waals surface area contributed by atoms with E-state index in [-0.39, 0.29) is 5.41 Å². The van der Waals surface area contributed by atoms with Gasteiger partial charge in [-0.05, 0) is 24.9 Å². The van der Waals surface area contributed by atoms with Gasteiger partial charge in [-0.15, -0.1) is 0 Å². The van der Waals surface area contributed by atoms with Crippen molar-refractivity contribution in [1.82, 2.24) is 4.90 Å². The molecule has 1 aromatic rings. The van der Waals surface area contributed by atoms with Gasteiger partial charge in [0.25, 0.3) is 0 Å². The molecule has 1 aromatic carbocycles. The van der Waals surface area contributed by atoms with Gasteiger partial charge in [-0.25, -0.2) is 0 Å². The molecule has 2 rings (SSSR count). The number of hydrogen-bond acceptors (Lipinski definition) is 2. The Morgan fingerprint density at radius 1 is 1.24 bits per heavy atom. The molecule has 0 aliphatic heterocycles. The first-order chi connectivity index (χ1) is 8.28.